The number of fused-ring (bicyclic) bond motifs is 2. The molecular weight excluding hydrogens is 276 g/mol. The molecule has 0 saturated carbocycles. The first kappa shape index (κ1) is 13.1. The smallest absolute Gasteiger partial charge is 0.208 e. The van der Waals surface area contributed by atoms with Gasteiger partial charge < -0.3 is 24.1 Å². The van der Waals surface area contributed by atoms with Gasteiger partial charge in [0.05, 0.1) is 14.2 Å². The molecule has 1 heterocycles. The molecule has 0 aliphatic heterocycles. The maximum Gasteiger partial charge on any atom is 0.208 e. The van der Waals surface area contributed by atoms with Gasteiger partial charge in [0.15, 0.2) is 11.3 Å². The number of hydrogen-bond donors (Lipinski definition) is 2. The zero-order valence-electron chi connectivity index (χ0n) is 11.3. The Bertz CT molecular complexity index is 910. The Labute approximate surface area is 118 Å². The fraction of sp³-hybridized carbons (Fsp3) is 0.133. The van der Waals surface area contributed by atoms with Gasteiger partial charge in [0.25, 0.3) is 0 Å². The molecule has 3 rings (SSSR count). The van der Waals surface area contributed by atoms with E-state index in [1.54, 1.807) is 12.1 Å². The van der Waals surface area contributed by atoms with Gasteiger partial charge in [-0.1, -0.05) is 6.07 Å². The number of phenolic OH excluding ortho intramolecular Hbond substituents is 2. The van der Waals surface area contributed by atoms with Crippen molar-refractivity contribution in [3.05, 3.63) is 34.5 Å². The summed E-state index contributed by atoms with van der Waals surface area (Å²) >= 11 is 0. The Morgan fingerprint density at radius 3 is 2.48 bits per heavy atom. The first-order valence-electron chi connectivity index (χ1n) is 6.11. The molecule has 0 saturated heterocycles. The van der Waals surface area contributed by atoms with E-state index in [9.17, 15) is 15.0 Å². The van der Waals surface area contributed by atoms with Crippen LogP contribution in [0.3, 0.4) is 0 Å². The highest BCUT2D eigenvalue weighted by Gasteiger charge is 2.21. The van der Waals surface area contributed by atoms with Crippen molar-refractivity contribution in [1.82, 2.24) is 0 Å². The molecule has 2 N–H and O–H groups in total. The van der Waals surface area contributed by atoms with Crippen LogP contribution in [0.5, 0.6) is 23.0 Å². The van der Waals surface area contributed by atoms with E-state index < -0.39 is 5.43 Å². The quantitative estimate of drug-likeness (QED) is 0.704. The van der Waals surface area contributed by atoms with Crippen LogP contribution in [-0.2, 0) is 0 Å². The highest BCUT2D eigenvalue weighted by Crippen LogP contribution is 2.41. The van der Waals surface area contributed by atoms with Gasteiger partial charge in [0, 0.05) is 6.07 Å². The second-order valence-corrected chi connectivity index (χ2v) is 4.42. The lowest BCUT2D eigenvalue weighted by Crippen LogP contribution is -2.04. The van der Waals surface area contributed by atoms with Crippen molar-refractivity contribution in [2.24, 2.45) is 0 Å². The first-order valence-corrected chi connectivity index (χ1v) is 6.11. The second-order valence-electron chi connectivity index (χ2n) is 4.42. The molecule has 0 unspecified atom stereocenters. The number of aromatic hydroxyl groups is 2. The van der Waals surface area contributed by atoms with Crippen molar-refractivity contribution in [2.75, 3.05) is 14.2 Å². The van der Waals surface area contributed by atoms with E-state index in [0.29, 0.717) is 0 Å². The number of hydrogen-bond acceptors (Lipinski definition) is 6. The predicted molar refractivity (Wildman–Crippen MR) is 76.4 cm³/mol. The van der Waals surface area contributed by atoms with Crippen molar-refractivity contribution in [3.8, 4) is 23.0 Å². The van der Waals surface area contributed by atoms with Crippen LogP contribution in [0.15, 0.2) is 33.5 Å². The minimum atomic E-state index is -0.539. The van der Waals surface area contributed by atoms with Gasteiger partial charge >= 0.3 is 0 Å². The van der Waals surface area contributed by atoms with Crippen molar-refractivity contribution in [3.63, 3.8) is 0 Å². The SMILES string of the molecule is COc1cc(O)c2c(=O)c3c(O)cccc3oc2c1OC. The number of benzene rings is 2. The number of phenols is 2. The van der Waals surface area contributed by atoms with Crippen LogP contribution in [0.1, 0.15) is 0 Å². The predicted octanol–water partition coefficient (Wildman–Crippen LogP) is 2.37. The molecule has 0 aliphatic carbocycles. The Morgan fingerprint density at radius 1 is 1.05 bits per heavy atom. The van der Waals surface area contributed by atoms with E-state index in [2.05, 4.69) is 0 Å². The summed E-state index contributed by atoms with van der Waals surface area (Å²) in [5.41, 5.74) is -0.279. The van der Waals surface area contributed by atoms with Gasteiger partial charge in [0.1, 0.15) is 27.9 Å². The lowest BCUT2D eigenvalue weighted by atomic mass is 10.1. The Hall–Kier alpha value is -2.89. The summed E-state index contributed by atoms with van der Waals surface area (Å²) in [6.45, 7) is 0. The molecule has 0 atom stereocenters. The molecular formula is C15H12O6. The average molecular weight is 288 g/mol. The largest absolute Gasteiger partial charge is 0.507 e. The van der Waals surface area contributed by atoms with Gasteiger partial charge in [-0.2, -0.15) is 0 Å². The molecule has 6 nitrogen and oxygen atoms in total. The molecule has 0 bridgehead atoms. The second kappa shape index (κ2) is 4.59. The van der Waals surface area contributed by atoms with E-state index in [-0.39, 0.29) is 44.9 Å². The maximum absolute atomic E-state index is 12.5. The summed E-state index contributed by atoms with van der Waals surface area (Å²) in [6, 6.07) is 5.75. The summed E-state index contributed by atoms with van der Waals surface area (Å²) in [6.07, 6.45) is 0. The van der Waals surface area contributed by atoms with E-state index in [0.717, 1.165) is 0 Å². The highest BCUT2D eigenvalue weighted by molar-refractivity contribution is 5.99. The Kier molecular flexibility index (Phi) is 2.86. The van der Waals surface area contributed by atoms with Gasteiger partial charge in [-0.05, 0) is 12.1 Å². The van der Waals surface area contributed by atoms with Crippen LogP contribution in [-0.4, -0.2) is 24.4 Å². The summed E-state index contributed by atoms with van der Waals surface area (Å²) in [5, 5.41) is 19.8. The topological polar surface area (TPSA) is 89.1 Å². The average Bonchev–Trinajstić information content (AvgIpc) is 2.46. The summed E-state index contributed by atoms with van der Waals surface area (Å²) < 4.78 is 15.9. The van der Waals surface area contributed by atoms with Crippen LogP contribution in [0.25, 0.3) is 21.9 Å². The van der Waals surface area contributed by atoms with Crippen LogP contribution in [0.4, 0.5) is 0 Å². The zero-order chi connectivity index (χ0) is 15.1. The molecule has 2 aromatic carbocycles. The Morgan fingerprint density at radius 2 is 1.81 bits per heavy atom. The lowest BCUT2D eigenvalue weighted by Gasteiger charge is -2.11. The number of methoxy groups -OCH3 is 2. The molecule has 0 radical (unpaired) electrons. The first-order chi connectivity index (χ1) is 10.1. The van der Waals surface area contributed by atoms with Crippen LogP contribution < -0.4 is 14.9 Å². The zero-order valence-corrected chi connectivity index (χ0v) is 11.3. The van der Waals surface area contributed by atoms with E-state index >= 15 is 0 Å². The monoisotopic (exact) mass is 288 g/mol. The summed E-state index contributed by atoms with van der Waals surface area (Å²) in [4.78, 5) is 12.5. The van der Waals surface area contributed by atoms with Gasteiger partial charge in [-0.15, -0.1) is 0 Å². The van der Waals surface area contributed by atoms with Crippen LogP contribution in [0.2, 0.25) is 0 Å². The molecule has 108 valence electrons. The standard InChI is InChI=1S/C15H12O6/c1-19-10-6-8(17)12-13(18)11-7(16)4-3-5-9(11)21-15(12)14(10)20-2/h3-6,16-17H,1-2H3. The van der Waals surface area contributed by atoms with Crippen LogP contribution >= 0.6 is 0 Å². The normalized spacial score (nSPS) is 11.0. The van der Waals surface area contributed by atoms with E-state index in [1.807, 2.05) is 0 Å². The molecule has 0 aliphatic rings. The van der Waals surface area contributed by atoms with Crippen molar-refractivity contribution in [2.45, 2.75) is 0 Å². The Balaban J connectivity index is 2.63. The van der Waals surface area contributed by atoms with Gasteiger partial charge in [-0.25, -0.2) is 0 Å². The molecule has 0 amide bonds. The number of rotatable bonds is 2. The minimum Gasteiger partial charge on any atom is -0.507 e. The third-order valence-electron chi connectivity index (χ3n) is 3.28. The lowest BCUT2D eigenvalue weighted by molar-refractivity contribution is 0.351. The van der Waals surface area contributed by atoms with E-state index in [4.69, 9.17) is 13.9 Å². The van der Waals surface area contributed by atoms with Crippen molar-refractivity contribution < 1.29 is 24.1 Å². The highest BCUT2D eigenvalue weighted by atomic mass is 16.5. The minimum absolute atomic E-state index is 0.00696. The molecule has 0 spiro atoms. The molecule has 1 aromatic heterocycles. The molecule has 0 fully saturated rings. The summed E-state index contributed by atoms with van der Waals surface area (Å²) in [7, 11) is 2.81. The summed E-state index contributed by atoms with van der Waals surface area (Å²) in [5.74, 6) is -0.0725. The fourth-order valence-corrected chi connectivity index (χ4v) is 2.33. The number of ether oxygens (including phenoxy) is 2. The third kappa shape index (κ3) is 1.76. The van der Waals surface area contributed by atoms with Crippen molar-refractivity contribution >= 4 is 21.9 Å². The molecule has 21 heavy (non-hydrogen) atoms. The van der Waals surface area contributed by atoms with Gasteiger partial charge in [-0.3, -0.25) is 4.79 Å². The van der Waals surface area contributed by atoms with Crippen molar-refractivity contribution in [1.29, 1.82) is 0 Å². The fourth-order valence-electron chi connectivity index (χ4n) is 2.33. The van der Waals surface area contributed by atoms with Gasteiger partial charge in [0.2, 0.25) is 11.2 Å². The third-order valence-corrected chi connectivity index (χ3v) is 3.28. The molecule has 6 heteroatoms. The van der Waals surface area contributed by atoms with Crippen LogP contribution in [0, 0.1) is 0 Å². The molecule has 3 aromatic rings. The van der Waals surface area contributed by atoms with E-state index in [1.165, 1.54) is 26.4 Å². The maximum atomic E-state index is 12.5.